The molecule has 0 amide bonds. The molecule has 8 heteroatoms. The molecule has 0 aromatic heterocycles. The van der Waals surface area contributed by atoms with Crippen LogP contribution in [0.2, 0.25) is 36.3 Å². The highest BCUT2D eigenvalue weighted by molar-refractivity contribution is 6.74. The van der Waals surface area contributed by atoms with Crippen molar-refractivity contribution >= 4 is 29.1 Å². The number of aromatic hydroxyl groups is 2. The van der Waals surface area contributed by atoms with Gasteiger partial charge in [-0.3, -0.25) is 9.98 Å². The largest absolute Gasteiger partial charge is 0.543 e. The number of aliphatic imine (C=N–C) groups is 2. The van der Waals surface area contributed by atoms with E-state index in [1.165, 1.54) is 0 Å². The van der Waals surface area contributed by atoms with Crippen LogP contribution in [-0.2, 0) is 10.8 Å². The first-order chi connectivity index (χ1) is 22.5. The van der Waals surface area contributed by atoms with Crippen molar-refractivity contribution < 1.29 is 19.1 Å². The van der Waals surface area contributed by atoms with E-state index in [-0.39, 0.29) is 34.4 Å². The highest BCUT2D eigenvalue weighted by Crippen LogP contribution is 2.40. The summed E-state index contributed by atoms with van der Waals surface area (Å²) in [4.78, 5) is 10.2. The predicted molar refractivity (Wildman–Crippen MR) is 210 cm³/mol. The molecule has 48 heavy (non-hydrogen) atoms. The summed E-state index contributed by atoms with van der Waals surface area (Å²) in [5.41, 5.74) is 2.64. The Kier molecular flexibility index (Phi) is 13.6. The molecule has 1 saturated carbocycles. The van der Waals surface area contributed by atoms with Crippen LogP contribution in [-0.4, -0.2) is 51.4 Å². The Balaban J connectivity index is 2.01. The van der Waals surface area contributed by atoms with Gasteiger partial charge >= 0.3 is 0 Å². The van der Waals surface area contributed by atoms with Crippen molar-refractivity contribution in [3.05, 3.63) is 46.5 Å². The molecule has 1 aliphatic rings. The molecule has 268 valence electrons. The topological polar surface area (TPSA) is 83.6 Å². The van der Waals surface area contributed by atoms with Gasteiger partial charge in [-0.05, 0) is 84.2 Å². The van der Waals surface area contributed by atoms with Crippen LogP contribution >= 0.6 is 0 Å². The standard InChI is InChI=1S/C40H66N2O4Si2/c1-13-47(14-2,15-3)45-31-23-29(37(43)33(25-31)39(7,8)9)27-41-35-21-19-20-22-36(35)42-28-30-24-32(46-48(16-4,17-5)18-6)26-34(38(30)44)40(10,11)12/h23-28,35-36,43-44H,13-22H2,1-12H3. The van der Waals surface area contributed by atoms with Crippen LogP contribution in [0.25, 0.3) is 0 Å². The van der Waals surface area contributed by atoms with Crippen LogP contribution in [0, 0.1) is 0 Å². The monoisotopic (exact) mass is 694 g/mol. The lowest BCUT2D eigenvalue weighted by Crippen LogP contribution is -2.39. The van der Waals surface area contributed by atoms with E-state index in [1.54, 1.807) is 0 Å². The summed E-state index contributed by atoms with van der Waals surface area (Å²) in [6.07, 6.45) is 7.73. The summed E-state index contributed by atoms with van der Waals surface area (Å²) >= 11 is 0. The Morgan fingerprint density at radius 3 is 1.19 bits per heavy atom. The maximum absolute atomic E-state index is 11.4. The van der Waals surface area contributed by atoms with Crippen LogP contribution in [0.5, 0.6) is 23.0 Å². The SMILES string of the molecule is CC[Si](CC)(CC)Oc1cc(C=NC2CCCCC2N=Cc2cc(O[Si](CC)(CC)CC)cc(C(C)(C)C)c2O)c(O)c(C(C)(C)C)c1. The van der Waals surface area contributed by atoms with Crippen molar-refractivity contribution in [3.8, 4) is 23.0 Å². The Morgan fingerprint density at radius 1 is 0.604 bits per heavy atom. The molecule has 2 aromatic rings. The Morgan fingerprint density at radius 2 is 0.917 bits per heavy atom. The highest BCUT2D eigenvalue weighted by Gasteiger charge is 2.33. The van der Waals surface area contributed by atoms with E-state index in [0.717, 1.165) is 84.6 Å². The molecule has 2 unspecified atom stereocenters. The molecular formula is C40H66N2O4Si2. The molecule has 1 fully saturated rings. The molecule has 3 rings (SSSR count). The summed E-state index contributed by atoms with van der Waals surface area (Å²) in [5.74, 6) is 2.22. The van der Waals surface area contributed by atoms with Gasteiger partial charge in [-0.25, -0.2) is 0 Å². The zero-order valence-corrected chi connectivity index (χ0v) is 34.3. The van der Waals surface area contributed by atoms with E-state index in [9.17, 15) is 10.2 Å². The zero-order chi connectivity index (χ0) is 35.9. The normalized spacial score (nSPS) is 18.2. The molecule has 0 aliphatic heterocycles. The number of benzene rings is 2. The molecule has 0 saturated heterocycles. The van der Waals surface area contributed by atoms with E-state index < -0.39 is 16.6 Å². The number of hydrogen-bond acceptors (Lipinski definition) is 6. The van der Waals surface area contributed by atoms with Gasteiger partial charge in [0.2, 0.25) is 16.6 Å². The molecule has 1 aliphatic carbocycles. The molecule has 6 nitrogen and oxygen atoms in total. The maximum atomic E-state index is 11.4. The van der Waals surface area contributed by atoms with Gasteiger partial charge < -0.3 is 19.1 Å². The summed E-state index contributed by atoms with van der Waals surface area (Å²) in [7, 11) is -3.81. The summed E-state index contributed by atoms with van der Waals surface area (Å²) in [6.45, 7) is 26.2. The Bertz CT molecular complexity index is 1290. The van der Waals surface area contributed by atoms with Gasteiger partial charge in [-0.1, -0.05) is 95.9 Å². The molecule has 2 aromatic carbocycles. The second kappa shape index (κ2) is 16.4. The smallest absolute Gasteiger partial charge is 0.250 e. The predicted octanol–water partition coefficient (Wildman–Crippen LogP) is 11.3. The third-order valence-corrected chi connectivity index (χ3v) is 20.0. The van der Waals surface area contributed by atoms with Gasteiger partial charge in [0, 0.05) is 34.7 Å². The van der Waals surface area contributed by atoms with Crippen molar-refractivity contribution in [2.24, 2.45) is 9.98 Å². The van der Waals surface area contributed by atoms with E-state index in [2.05, 4.69) is 83.1 Å². The van der Waals surface area contributed by atoms with E-state index in [0.29, 0.717) is 11.1 Å². The lowest BCUT2D eigenvalue weighted by atomic mass is 9.85. The zero-order valence-electron chi connectivity index (χ0n) is 32.3. The first-order valence-corrected chi connectivity index (χ1v) is 23.8. The number of rotatable bonds is 14. The second-order valence-electron chi connectivity index (χ2n) is 16.0. The molecular weight excluding hydrogens is 629 g/mol. The summed E-state index contributed by atoms with van der Waals surface area (Å²) in [5, 5.41) is 22.9. The molecule has 2 N–H and O–H groups in total. The van der Waals surface area contributed by atoms with Crippen molar-refractivity contribution in [1.29, 1.82) is 0 Å². The Labute approximate surface area is 294 Å². The Hall–Kier alpha value is -2.59. The minimum Gasteiger partial charge on any atom is -0.543 e. The minimum absolute atomic E-state index is 0.0172. The minimum atomic E-state index is -1.91. The van der Waals surface area contributed by atoms with Gasteiger partial charge in [0.25, 0.3) is 0 Å². The van der Waals surface area contributed by atoms with Crippen molar-refractivity contribution in [2.45, 2.75) is 168 Å². The van der Waals surface area contributed by atoms with Crippen LogP contribution in [0.4, 0.5) is 0 Å². The number of phenolic OH excluding ortho intramolecular Hbond substituents is 2. The van der Waals surface area contributed by atoms with Gasteiger partial charge in [-0.2, -0.15) is 0 Å². The molecule has 0 radical (unpaired) electrons. The van der Waals surface area contributed by atoms with Gasteiger partial charge in [0.15, 0.2) is 0 Å². The van der Waals surface area contributed by atoms with Gasteiger partial charge in [-0.15, -0.1) is 0 Å². The third kappa shape index (κ3) is 9.55. The molecule has 0 spiro atoms. The van der Waals surface area contributed by atoms with Crippen molar-refractivity contribution in [2.75, 3.05) is 0 Å². The second-order valence-corrected chi connectivity index (χ2v) is 25.4. The lowest BCUT2D eigenvalue weighted by Gasteiger charge is -2.31. The first kappa shape index (κ1) is 39.8. The molecule has 0 heterocycles. The van der Waals surface area contributed by atoms with E-state index in [4.69, 9.17) is 18.8 Å². The molecule has 0 bridgehead atoms. The van der Waals surface area contributed by atoms with Crippen LogP contribution in [0.15, 0.2) is 34.3 Å². The lowest BCUT2D eigenvalue weighted by molar-refractivity contribution is 0.389. The fourth-order valence-corrected chi connectivity index (χ4v) is 12.0. The maximum Gasteiger partial charge on any atom is 0.250 e. The average molecular weight is 695 g/mol. The average Bonchev–Trinajstić information content (AvgIpc) is 3.05. The number of hydrogen-bond donors (Lipinski definition) is 2. The van der Waals surface area contributed by atoms with Crippen LogP contribution < -0.4 is 8.85 Å². The molecule has 2 atom stereocenters. The highest BCUT2D eigenvalue weighted by atomic mass is 28.4. The third-order valence-electron chi connectivity index (χ3n) is 10.9. The number of phenols is 2. The summed E-state index contributed by atoms with van der Waals surface area (Å²) < 4.78 is 13.6. The van der Waals surface area contributed by atoms with Gasteiger partial charge in [0.1, 0.15) is 23.0 Å². The number of nitrogens with zero attached hydrogens (tertiary/aromatic N) is 2. The fraction of sp³-hybridized carbons (Fsp3) is 0.650. The van der Waals surface area contributed by atoms with Crippen LogP contribution in [0.3, 0.4) is 0 Å². The van der Waals surface area contributed by atoms with E-state index >= 15 is 0 Å². The fourth-order valence-electron chi connectivity index (χ4n) is 6.94. The first-order valence-electron chi connectivity index (χ1n) is 18.7. The van der Waals surface area contributed by atoms with Crippen molar-refractivity contribution in [3.63, 3.8) is 0 Å². The van der Waals surface area contributed by atoms with E-state index in [1.807, 2.05) is 36.7 Å². The van der Waals surface area contributed by atoms with Crippen LogP contribution in [0.1, 0.15) is 131 Å². The van der Waals surface area contributed by atoms with Crippen molar-refractivity contribution in [1.82, 2.24) is 0 Å². The van der Waals surface area contributed by atoms with Gasteiger partial charge in [0.05, 0.1) is 12.1 Å². The summed E-state index contributed by atoms with van der Waals surface area (Å²) in [6, 6.07) is 14.3. The quantitative estimate of drug-likeness (QED) is 0.152.